The van der Waals surface area contributed by atoms with E-state index in [9.17, 15) is 19.1 Å². The molecule has 0 saturated carbocycles. The van der Waals surface area contributed by atoms with Crippen molar-refractivity contribution in [1.29, 1.82) is 0 Å². The van der Waals surface area contributed by atoms with Crippen molar-refractivity contribution in [3.63, 3.8) is 0 Å². The number of amides is 1. The topological polar surface area (TPSA) is 66.8 Å². The van der Waals surface area contributed by atoms with Crippen molar-refractivity contribution < 1.29 is 23.8 Å². The van der Waals surface area contributed by atoms with Crippen LogP contribution in [0.5, 0.6) is 5.75 Å². The maximum absolute atomic E-state index is 13.4. The van der Waals surface area contributed by atoms with Crippen LogP contribution in [0.3, 0.4) is 0 Å². The fourth-order valence-electron chi connectivity index (χ4n) is 3.27. The predicted molar refractivity (Wildman–Crippen MR) is 98.7 cm³/mol. The molecule has 2 aromatic carbocycles. The molecule has 1 amide bonds. The molecule has 1 aliphatic rings. The van der Waals surface area contributed by atoms with Crippen LogP contribution in [0.2, 0.25) is 0 Å². The van der Waals surface area contributed by atoms with Gasteiger partial charge in [0, 0.05) is 12.1 Å². The quantitative estimate of drug-likeness (QED) is 0.496. The highest BCUT2D eigenvalue weighted by Crippen LogP contribution is 2.39. The van der Waals surface area contributed by atoms with Crippen LogP contribution in [0, 0.1) is 5.82 Å². The maximum atomic E-state index is 13.4. The summed E-state index contributed by atoms with van der Waals surface area (Å²) in [5.74, 6) is -1.60. The van der Waals surface area contributed by atoms with E-state index in [2.05, 4.69) is 0 Å². The Morgan fingerprint density at radius 2 is 1.89 bits per heavy atom. The number of hydrogen-bond donors (Lipinski definition) is 1. The number of aliphatic hydroxyl groups is 1. The van der Waals surface area contributed by atoms with Gasteiger partial charge >= 0.3 is 0 Å². The van der Waals surface area contributed by atoms with Gasteiger partial charge in [0.05, 0.1) is 18.7 Å². The van der Waals surface area contributed by atoms with Gasteiger partial charge in [-0.05, 0) is 36.2 Å². The summed E-state index contributed by atoms with van der Waals surface area (Å²) in [6.07, 6.45) is 0.643. The van der Waals surface area contributed by atoms with Crippen LogP contribution in [-0.4, -0.2) is 35.4 Å². The second-order valence-electron chi connectivity index (χ2n) is 6.28. The number of methoxy groups -OCH3 is 1. The zero-order valence-electron chi connectivity index (χ0n) is 15.1. The maximum Gasteiger partial charge on any atom is 0.295 e. The molecule has 5 nitrogen and oxygen atoms in total. The number of carbonyl (C=O) groups is 2. The first-order valence-electron chi connectivity index (χ1n) is 8.66. The predicted octanol–water partition coefficient (Wildman–Crippen LogP) is 3.67. The lowest BCUT2D eigenvalue weighted by atomic mass is 9.95. The normalized spacial score (nSPS) is 18.8. The number of halogens is 1. The van der Waals surface area contributed by atoms with Gasteiger partial charge in [-0.1, -0.05) is 31.2 Å². The Hall–Kier alpha value is -3.15. The minimum atomic E-state index is -0.767. The molecular weight excluding hydrogens is 349 g/mol. The highest BCUT2D eigenvalue weighted by molar-refractivity contribution is 6.46. The van der Waals surface area contributed by atoms with E-state index in [4.69, 9.17) is 4.74 Å². The van der Waals surface area contributed by atoms with Crippen molar-refractivity contribution in [2.24, 2.45) is 0 Å². The first-order valence-corrected chi connectivity index (χ1v) is 8.66. The van der Waals surface area contributed by atoms with Gasteiger partial charge in [-0.3, -0.25) is 9.59 Å². The van der Waals surface area contributed by atoms with Gasteiger partial charge < -0.3 is 14.7 Å². The number of hydrogen-bond acceptors (Lipinski definition) is 4. The van der Waals surface area contributed by atoms with Gasteiger partial charge in [-0.25, -0.2) is 4.39 Å². The highest BCUT2D eigenvalue weighted by Gasteiger charge is 2.45. The largest absolute Gasteiger partial charge is 0.507 e. The van der Waals surface area contributed by atoms with Crippen LogP contribution in [0.15, 0.2) is 54.1 Å². The van der Waals surface area contributed by atoms with E-state index in [1.807, 2.05) is 6.92 Å². The van der Waals surface area contributed by atoms with Gasteiger partial charge in [0.15, 0.2) is 0 Å². The Bertz CT molecular complexity index is 905. The van der Waals surface area contributed by atoms with E-state index in [1.54, 1.807) is 24.3 Å². The van der Waals surface area contributed by atoms with Gasteiger partial charge in [-0.2, -0.15) is 0 Å². The summed E-state index contributed by atoms with van der Waals surface area (Å²) in [7, 11) is 1.50. The first-order chi connectivity index (χ1) is 13.0. The summed E-state index contributed by atoms with van der Waals surface area (Å²) in [6, 6.07) is 11.4. The smallest absolute Gasteiger partial charge is 0.295 e. The molecule has 1 N–H and O–H groups in total. The summed E-state index contributed by atoms with van der Waals surface area (Å²) >= 11 is 0. The number of Topliss-reactive ketones (excluding diaryl/α,β-unsaturated/α-hetero) is 1. The molecule has 140 valence electrons. The molecule has 0 spiro atoms. The fourth-order valence-corrected chi connectivity index (χ4v) is 3.27. The number of carbonyl (C=O) groups excluding carboxylic acids is 2. The molecule has 3 rings (SSSR count). The van der Waals surface area contributed by atoms with Crippen LogP contribution < -0.4 is 4.74 Å². The second-order valence-corrected chi connectivity index (χ2v) is 6.28. The number of ketones is 1. The Morgan fingerprint density at radius 1 is 1.19 bits per heavy atom. The Kier molecular flexibility index (Phi) is 5.26. The molecule has 1 atom stereocenters. The number of nitrogens with zero attached hydrogens (tertiary/aromatic N) is 1. The van der Waals surface area contributed by atoms with Gasteiger partial charge in [-0.15, -0.1) is 0 Å². The fraction of sp³-hybridized carbons (Fsp3) is 0.238. The lowest BCUT2D eigenvalue weighted by molar-refractivity contribution is -0.139. The van der Waals surface area contributed by atoms with E-state index >= 15 is 0 Å². The second kappa shape index (κ2) is 7.61. The van der Waals surface area contributed by atoms with Crippen LogP contribution >= 0.6 is 0 Å². The van der Waals surface area contributed by atoms with Crippen molar-refractivity contribution in [3.05, 3.63) is 71.0 Å². The minimum absolute atomic E-state index is 0.00619. The van der Waals surface area contributed by atoms with E-state index in [-0.39, 0.29) is 11.3 Å². The third-order valence-electron chi connectivity index (χ3n) is 4.53. The molecule has 2 aromatic rings. The zero-order chi connectivity index (χ0) is 19.6. The zero-order valence-corrected chi connectivity index (χ0v) is 15.1. The number of likely N-dealkylation sites (tertiary alicyclic amines) is 1. The van der Waals surface area contributed by atoms with E-state index < -0.39 is 23.5 Å². The monoisotopic (exact) mass is 369 g/mol. The average molecular weight is 369 g/mol. The van der Waals surface area contributed by atoms with Crippen molar-refractivity contribution in [3.8, 4) is 5.75 Å². The van der Waals surface area contributed by atoms with Crippen LogP contribution in [-0.2, 0) is 9.59 Å². The van der Waals surface area contributed by atoms with Crippen molar-refractivity contribution in [2.75, 3.05) is 13.7 Å². The molecule has 27 heavy (non-hydrogen) atoms. The highest BCUT2D eigenvalue weighted by atomic mass is 19.1. The SMILES string of the molecule is CCCN1C(=O)C(=O)/C(=C(\O)c2cccc(OC)c2)C1c1ccc(F)cc1. The van der Waals surface area contributed by atoms with E-state index in [1.165, 1.54) is 36.3 Å². The molecule has 1 heterocycles. The van der Waals surface area contributed by atoms with Crippen molar-refractivity contribution in [2.45, 2.75) is 19.4 Å². The first kappa shape index (κ1) is 18.6. The number of rotatable bonds is 5. The third kappa shape index (κ3) is 3.43. The summed E-state index contributed by atoms with van der Waals surface area (Å²) in [6.45, 7) is 2.24. The number of benzene rings is 2. The molecule has 1 fully saturated rings. The lowest BCUT2D eigenvalue weighted by Crippen LogP contribution is -2.30. The third-order valence-corrected chi connectivity index (χ3v) is 4.53. The molecule has 0 aromatic heterocycles. The van der Waals surface area contributed by atoms with Crippen LogP contribution in [0.4, 0.5) is 4.39 Å². The Morgan fingerprint density at radius 3 is 2.52 bits per heavy atom. The van der Waals surface area contributed by atoms with Crippen LogP contribution in [0.25, 0.3) is 5.76 Å². The summed E-state index contributed by atoms with van der Waals surface area (Å²) in [5, 5.41) is 10.9. The van der Waals surface area contributed by atoms with E-state index in [0.717, 1.165) is 0 Å². The molecule has 1 aliphatic heterocycles. The number of aliphatic hydroxyl groups excluding tert-OH is 1. The Balaban J connectivity index is 2.18. The summed E-state index contributed by atoms with van der Waals surface area (Å²) in [4.78, 5) is 26.7. The number of ether oxygens (including phenoxy) is 1. The average Bonchev–Trinajstić information content (AvgIpc) is 2.93. The standard InChI is InChI=1S/C21H20FNO4/c1-3-11-23-18(13-7-9-15(22)10-8-13)17(20(25)21(23)26)19(24)14-5-4-6-16(12-14)27-2/h4-10,12,18,24H,3,11H2,1-2H3/b19-17-. The minimum Gasteiger partial charge on any atom is -0.507 e. The van der Waals surface area contributed by atoms with Gasteiger partial charge in [0.25, 0.3) is 11.7 Å². The molecule has 1 unspecified atom stereocenters. The Labute approximate surface area is 156 Å². The van der Waals surface area contributed by atoms with Crippen molar-refractivity contribution in [1.82, 2.24) is 4.90 Å². The molecule has 1 saturated heterocycles. The molecule has 6 heteroatoms. The van der Waals surface area contributed by atoms with Crippen LogP contribution in [0.1, 0.15) is 30.5 Å². The van der Waals surface area contributed by atoms with Crippen molar-refractivity contribution >= 4 is 17.4 Å². The molecule has 0 radical (unpaired) electrons. The van der Waals surface area contributed by atoms with Gasteiger partial charge in [0.1, 0.15) is 17.3 Å². The summed E-state index contributed by atoms with van der Waals surface area (Å²) < 4.78 is 18.5. The molecular formula is C21H20FNO4. The molecule has 0 aliphatic carbocycles. The summed E-state index contributed by atoms with van der Waals surface area (Å²) in [5.41, 5.74) is 0.928. The lowest BCUT2D eigenvalue weighted by Gasteiger charge is -2.24. The van der Waals surface area contributed by atoms with E-state index in [0.29, 0.717) is 29.8 Å². The molecule has 0 bridgehead atoms. The van der Waals surface area contributed by atoms with Gasteiger partial charge in [0.2, 0.25) is 0 Å².